The Labute approximate surface area is 145 Å². The molecule has 0 aliphatic carbocycles. The normalized spacial score (nSPS) is 16.9. The van der Waals surface area contributed by atoms with E-state index in [9.17, 15) is 4.79 Å². The number of ether oxygens (including phenoxy) is 1. The summed E-state index contributed by atoms with van der Waals surface area (Å²) in [6.07, 6.45) is 0. The van der Waals surface area contributed by atoms with E-state index in [1.165, 1.54) is 11.3 Å². The van der Waals surface area contributed by atoms with Crippen LogP contribution in [0, 0.1) is 0 Å². The molecule has 1 fully saturated rings. The van der Waals surface area contributed by atoms with Crippen molar-refractivity contribution in [3.63, 3.8) is 0 Å². The molecule has 1 aliphatic rings. The number of nitrogens with one attached hydrogen (secondary N) is 1. The van der Waals surface area contributed by atoms with Crippen LogP contribution in [0.5, 0.6) is 0 Å². The summed E-state index contributed by atoms with van der Waals surface area (Å²) >= 11 is 7.45. The van der Waals surface area contributed by atoms with Gasteiger partial charge in [-0.05, 0) is 29.1 Å². The first kappa shape index (κ1) is 16.5. The summed E-state index contributed by atoms with van der Waals surface area (Å²) in [5.74, 6) is -0.0211. The maximum Gasteiger partial charge on any atom is 0.261 e. The van der Waals surface area contributed by atoms with Gasteiger partial charge in [-0.1, -0.05) is 29.8 Å². The second kappa shape index (κ2) is 7.93. The van der Waals surface area contributed by atoms with Crippen molar-refractivity contribution >= 4 is 28.8 Å². The number of carbonyl (C=O) groups is 1. The largest absolute Gasteiger partial charge is 0.379 e. The molecule has 23 heavy (non-hydrogen) atoms. The van der Waals surface area contributed by atoms with E-state index in [-0.39, 0.29) is 11.9 Å². The number of amides is 1. The molecule has 0 bridgehead atoms. The highest BCUT2D eigenvalue weighted by atomic mass is 35.5. The van der Waals surface area contributed by atoms with Crippen molar-refractivity contribution in [3.8, 4) is 0 Å². The minimum atomic E-state index is -0.0211. The van der Waals surface area contributed by atoms with E-state index in [4.69, 9.17) is 16.3 Å². The smallest absolute Gasteiger partial charge is 0.261 e. The summed E-state index contributed by atoms with van der Waals surface area (Å²) in [6.45, 7) is 3.74. The van der Waals surface area contributed by atoms with Crippen molar-refractivity contribution in [2.24, 2.45) is 0 Å². The lowest BCUT2D eigenvalue weighted by Gasteiger charge is -2.35. The quantitative estimate of drug-likeness (QED) is 0.900. The summed E-state index contributed by atoms with van der Waals surface area (Å²) in [4.78, 5) is 15.3. The van der Waals surface area contributed by atoms with Crippen molar-refractivity contribution < 1.29 is 9.53 Å². The van der Waals surface area contributed by atoms with Crippen LogP contribution in [0.15, 0.2) is 41.8 Å². The minimum absolute atomic E-state index is 0.0211. The Morgan fingerprint density at radius 3 is 2.65 bits per heavy atom. The van der Waals surface area contributed by atoms with E-state index in [2.05, 4.69) is 10.2 Å². The van der Waals surface area contributed by atoms with Gasteiger partial charge >= 0.3 is 0 Å². The number of morpholine rings is 1. The SMILES string of the molecule is O=C(NCC(c1ccc(Cl)cc1)N1CCOCC1)c1cccs1. The van der Waals surface area contributed by atoms with E-state index in [1.807, 2.05) is 41.8 Å². The molecule has 0 spiro atoms. The zero-order valence-electron chi connectivity index (χ0n) is 12.7. The highest BCUT2D eigenvalue weighted by Gasteiger charge is 2.23. The van der Waals surface area contributed by atoms with Gasteiger partial charge in [0.2, 0.25) is 0 Å². The number of halogens is 1. The summed E-state index contributed by atoms with van der Waals surface area (Å²) in [6, 6.07) is 11.7. The molecule has 1 atom stereocenters. The first-order chi connectivity index (χ1) is 11.2. The van der Waals surface area contributed by atoms with Crippen LogP contribution in [-0.2, 0) is 4.74 Å². The van der Waals surface area contributed by atoms with Gasteiger partial charge in [-0.3, -0.25) is 9.69 Å². The van der Waals surface area contributed by atoms with Gasteiger partial charge in [-0.2, -0.15) is 0 Å². The third kappa shape index (κ3) is 4.32. The molecule has 122 valence electrons. The minimum Gasteiger partial charge on any atom is -0.379 e. The Morgan fingerprint density at radius 2 is 2.00 bits per heavy atom. The van der Waals surface area contributed by atoms with Gasteiger partial charge < -0.3 is 10.1 Å². The van der Waals surface area contributed by atoms with Gasteiger partial charge in [0.1, 0.15) is 0 Å². The Bertz CT molecular complexity index is 625. The van der Waals surface area contributed by atoms with Crippen LogP contribution in [0.3, 0.4) is 0 Å². The molecule has 1 amide bonds. The first-order valence-corrected chi connectivity index (χ1v) is 8.89. The molecule has 2 aromatic rings. The molecule has 4 nitrogen and oxygen atoms in total. The van der Waals surface area contributed by atoms with Crippen molar-refractivity contribution in [1.82, 2.24) is 10.2 Å². The molecule has 0 radical (unpaired) electrons. The molecule has 1 N–H and O–H groups in total. The zero-order chi connectivity index (χ0) is 16.1. The topological polar surface area (TPSA) is 41.6 Å². The van der Waals surface area contributed by atoms with E-state index in [1.54, 1.807) is 0 Å². The van der Waals surface area contributed by atoms with Gasteiger partial charge in [0.15, 0.2) is 0 Å². The number of rotatable bonds is 5. The van der Waals surface area contributed by atoms with Gasteiger partial charge in [0.05, 0.1) is 24.1 Å². The average molecular weight is 351 g/mol. The van der Waals surface area contributed by atoms with Crippen molar-refractivity contribution in [3.05, 3.63) is 57.2 Å². The van der Waals surface area contributed by atoms with Crippen LogP contribution < -0.4 is 5.32 Å². The fourth-order valence-corrected chi connectivity index (χ4v) is 3.48. The van der Waals surface area contributed by atoms with Gasteiger partial charge in [0, 0.05) is 24.7 Å². The lowest BCUT2D eigenvalue weighted by molar-refractivity contribution is 0.0162. The van der Waals surface area contributed by atoms with Crippen LogP contribution in [0.2, 0.25) is 5.02 Å². The Morgan fingerprint density at radius 1 is 1.26 bits per heavy atom. The predicted octanol–water partition coefficient (Wildman–Crippen LogP) is 3.20. The van der Waals surface area contributed by atoms with Crippen molar-refractivity contribution in [2.45, 2.75) is 6.04 Å². The summed E-state index contributed by atoms with van der Waals surface area (Å²) in [5, 5.41) is 5.68. The average Bonchev–Trinajstić information content (AvgIpc) is 3.12. The maximum absolute atomic E-state index is 12.2. The summed E-state index contributed by atoms with van der Waals surface area (Å²) in [7, 11) is 0. The number of hydrogen-bond donors (Lipinski definition) is 1. The van der Waals surface area contributed by atoms with E-state index >= 15 is 0 Å². The van der Waals surface area contributed by atoms with Crippen molar-refractivity contribution in [2.75, 3.05) is 32.8 Å². The summed E-state index contributed by atoms with van der Waals surface area (Å²) in [5.41, 5.74) is 1.16. The number of benzene rings is 1. The molecular formula is C17H19ClN2O2S. The molecule has 1 aromatic carbocycles. The summed E-state index contributed by atoms with van der Waals surface area (Å²) < 4.78 is 5.44. The Hall–Kier alpha value is -1.40. The lowest BCUT2D eigenvalue weighted by Crippen LogP contribution is -2.43. The van der Waals surface area contributed by atoms with Gasteiger partial charge in [0.25, 0.3) is 5.91 Å². The highest BCUT2D eigenvalue weighted by molar-refractivity contribution is 7.12. The molecule has 6 heteroatoms. The van der Waals surface area contributed by atoms with E-state index in [0.29, 0.717) is 6.54 Å². The second-order valence-corrected chi connectivity index (χ2v) is 6.79. The lowest BCUT2D eigenvalue weighted by atomic mass is 10.0. The standard InChI is InChI=1S/C17H19ClN2O2S/c18-14-5-3-13(4-6-14)15(20-7-9-22-10-8-20)12-19-17(21)16-2-1-11-23-16/h1-6,11,15H,7-10,12H2,(H,19,21). The molecule has 1 aromatic heterocycles. The molecule has 3 rings (SSSR count). The molecule has 1 aliphatic heterocycles. The predicted molar refractivity (Wildman–Crippen MR) is 93.2 cm³/mol. The number of carbonyl (C=O) groups excluding carboxylic acids is 1. The molecule has 2 heterocycles. The van der Waals surface area contributed by atoms with Crippen LogP contribution in [0.4, 0.5) is 0 Å². The van der Waals surface area contributed by atoms with Crippen molar-refractivity contribution in [1.29, 1.82) is 0 Å². The maximum atomic E-state index is 12.2. The fraction of sp³-hybridized carbons (Fsp3) is 0.353. The van der Waals surface area contributed by atoms with Crippen LogP contribution in [-0.4, -0.2) is 43.7 Å². The third-order valence-electron chi connectivity index (χ3n) is 3.94. The fourth-order valence-electron chi connectivity index (χ4n) is 2.72. The van der Waals surface area contributed by atoms with Crippen LogP contribution in [0.1, 0.15) is 21.3 Å². The van der Waals surface area contributed by atoms with E-state index < -0.39 is 0 Å². The zero-order valence-corrected chi connectivity index (χ0v) is 14.3. The number of hydrogen-bond acceptors (Lipinski definition) is 4. The number of thiophene rings is 1. The Kier molecular flexibility index (Phi) is 5.67. The van der Waals surface area contributed by atoms with Crippen LogP contribution >= 0.6 is 22.9 Å². The molecule has 0 saturated carbocycles. The number of nitrogens with zero attached hydrogens (tertiary/aromatic N) is 1. The first-order valence-electron chi connectivity index (χ1n) is 7.63. The van der Waals surface area contributed by atoms with Crippen LogP contribution in [0.25, 0.3) is 0 Å². The molecular weight excluding hydrogens is 332 g/mol. The molecule has 1 saturated heterocycles. The third-order valence-corrected chi connectivity index (χ3v) is 5.06. The highest BCUT2D eigenvalue weighted by Crippen LogP contribution is 2.23. The van der Waals surface area contributed by atoms with E-state index in [0.717, 1.165) is 41.8 Å². The second-order valence-electron chi connectivity index (χ2n) is 5.40. The molecule has 1 unspecified atom stereocenters. The Balaban J connectivity index is 1.72. The monoisotopic (exact) mass is 350 g/mol. The van der Waals surface area contributed by atoms with Gasteiger partial charge in [-0.15, -0.1) is 11.3 Å². The van der Waals surface area contributed by atoms with Gasteiger partial charge in [-0.25, -0.2) is 0 Å².